The molecule has 0 amide bonds. The molecule has 0 aliphatic rings. The van der Waals surface area contributed by atoms with E-state index in [9.17, 15) is 0 Å². The molecule has 0 fully saturated rings. The maximum Gasteiger partial charge on any atom is 0.134 e. The van der Waals surface area contributed by atoms with Crippen molar-refractivity contribution >= 4 is 31.9 Å². The van der Waals surface area contributed by atoms with Crippen LogP contribution in [0.5, 0.6) is 5.75 Å². The summed E-state index contributed by atoms with van der Waals surface area (Å²) < 4.78 is 12.8. The van der Waals surface area contributed by atoms with E-state index in [0.717, 1.165) is 40.8 Å². The third kappa shape index (κ3) is 6.18. The van der Waals surface area contributed by atoms with Gasteiger partial charge in [-0.2, -0.15) is 0 Å². The van der Waals surface area contributed by atoms with Crippen LogP contribution in [0, 0.1) is 0 Å². The normalized spacial score (nSPS) is 12.4. The van der Waals surface area contributed by atoms with E-state index < -0.39 is 0 Å². The monoisotopic (exact) mass is 379 g/mol. The molecule has 1 atom stereocenters. The molecule has 5 heteroatoms. The Balaban J connectivity index is 2.28. The van der Waals surface area contributed by atoms with Crippen LogP contribution in [-0.2, 0) is 4.74 Å². The smallest absolute Gasteiger partial charge is 0.134 e. The molecular weight excluding hydrogens is 362 g/mol. The minimum Gasteiger partial charge on any atom is -0.488 e. The highest BCUT2D eigenvalue weighted by Crippen LogP contribution is 2.28. The maximum absolute atomic E-state index is 5.85. The lowest BCUT2D eigenvalue weighted by Gasteiger charge is -2.16. The van der Waals surface area contributed by atoms with Gasteiger partial charge in [0.1, 0.15) is 11.9 Å². The van der Waals surface area contributed by atoms with Crippen molar-refractivity contribution in [1.82, 2.24) is 5.32 Å². The molecule has 1 aromatic carbocycles. The molecule has 0 bridgehead atoms. The summed E-state index contributed by atoms with van der Waals surface area (Å²) in [5.41, 5.74) is 0. The van der Waals surface area contributed by atoms with Crippen LogP contribution in [-0.4, -0.2) is 32.9 Å². The average molecular weight is 381 g/mol. The van der Waals surface area contributed by atoms with Crippen molar-refractivity contribution in [2.24, 2.45) is 0 Å². The highest BCUT2D eigenvalue weighted by molar-refractivity contribution is 9.11. The Bertz CT molecular complexity index is 361. The maximum atomic E-state index is 5.85. The first-order valence-corrected chi connectivity index (χ1v) is 7.53. The van der Waals surface area contributed by atoms with Gasteiger partial charge in [0.2, 0.25) is 0 Å². The zero-order valence-electron chi connectivity index (χ0n) is 10.7. The van der Waals surface area contributed by atoms with E-state index in [2.05, 4.69) is 44.1 Å². The zero-order valence-corrected chi connectivity index (χ0v) is 13.9. The minimum absolute atomic E-state index is 0.130. The lowest BCUT2D eigenvalue weighted by atomic mass is 10.3. The Kier molecular flexibility index (Phi) is 7.90. The van der Waals surface area contributed by atoms with Crippen LogP contribution in [0.1, 0.15) is 13.3 Å². The molecule has 0 saturated heterocycles. The molecule has 3 nitrogen and oxygen atoms in total. The van der Waals surface area contributed by atoms with Gasteiger partial charge in [0.25, 0.3) is 0 Å². The first kappa shape index (κ1) is 16.0. The molecule has 0 radical (unpaired) electrons. The highest BCUT2D eigenvalue weighted by atomic mass is 79.9. The average Bonchev–Trinajstić information content (AvgIpc) is 2.32. The zero-order chi connectivity index (χ0) is 13.4. The van der Waals surface area contributed by atoms with Crippen molar-refractivity contribution in [3.05, 3.63) is 27.1 Å². The van der Waals surface area contributed by atoms with Gasteiger partial charge in [0.15, 0.2) is 0 Å². The van der Waals surface area contributed by atoms with E-state index in [1.54, 1.807) is 7.11 Å². The second-order valence-electron chi connectivity index (χ2n) is 4.05. The van der Waals surface area contributed by atoms with Gasteiger partial charge in [-0.3, -0.25) is 0 Å². The highest BCUT2D eigenvalue weighted by Gasteiger charge is 2.07. The number of rotatable bonds is 8. The van der Waals surface area contributed by atoms with Gasteiger partial charge in [0, 0.05) is 24.7 Å². The van der Waals surface area contributed by atoms with Gasteiger partial charge < -0.3 is 14.8 Å². The van der Waals surface area contributed by atoms with Gasteiger partial charge in [-0.15, -0.1) is 0 Å². The minimum atomic E-state index is 0.130. The Labute approximate surface area is 125 Å². The van der Waals surface area contributed by atoms with Gasteiger partial charge in [-0.1, -0.05) is 15.9 Å². The van der Waals surface area contributed by atoms with E-state index in [1.165, 1.54) is 0 Å². The van der Waals surface area contributed by atoms with E-state index in [1.807, 2.05) is 18.2 Å². The van der Waals surface area contributed by atoms with Crippen LogP contribution in [0.25, 0.3) is 0 Å². The van der Waals surface area contributed by atoms with Crippen molar-refractivity contribution < 1.29 is 9.47 Å². The number of ether oxygens (including phenoxy) is 2. The third-order valence-electron chi connectivity index (χ3n) is 2.36. The number of benzene rings is 1. The number of hydrogen-bond acceptors (Lipinski definition) is 3. The molecule has 0 saturated carbocycles. The summed E-state index contributed by atoms with van der Waals surface area (Å²) in [6.45, 7) is 4.62. The fraction of sp³-hybridized carbons (Fsp3) is 0.538. The predicted octanol–water partition coefficient (Wildman–Crippen LogP) is 3.61. The first-order chi connectivity index (χ1) is 8.63. The number of hydrogen-bond donors (Lipinski definition) is 1. The van der Waals surface area contributed by atoms with E-state index in [4.69, 9.17) is 9.47 Å². The summed E-state index contributed by atoms with van der Waals surface area (Å²) in [6.07, 6.45) is 1.15. The fourth-order valence-corrected chi connectivity index (χ4v) is 2.62. The number of methoxy groups -OCH3 is 1. The summed E-state index contributed by atoms with van der Waals surface area (Å²) in [4.78, 5) is 0. The summed E-state index contributed by atoms with van der Waals surface area (Å²) in [6, 6.07) is 5.91. The van der Waals surface area contributed by atoms with Crippen molar-refractivity contribution in [3.8, 4) is 5.75 Å². The van der Waals surface area contributed by atoms with E-state index >= 15 is 0 Å². The van der Waals surface area contributed by atoms with Gasteiger partial charge >= 0.3 is 0 Å². The van der Waals surface area contributed by atoms with Crippen LogP contribution in [0.4, 0.5) is 0 Å². The Morgan fingerprint density at radius 2 is 2.11 bits per heavy atom. The molecule has 1 rings (SSSR count). The van der Waals surface area contributed by atoms with Crippen molar-refractivity contribution in [2.45, 2.75) is 19.4 Å². The molecule has 0 heterocycles. The first-order valence-electron chi connectivity index (χ1n) is 5.95. The molecule has 0 aromatic heterocycles. The predicted molar refractivity (Wildman–Crippen MR) is 81.3 cm³/mol. The number of nitrogens with one attached hydrogen (secondary N) is 1. The summed E-state index contributed by atoms with van der Waals surface area (Å²) in [7, 11) is 1.72. The van der Waals surface area contributed by atoms with Crippen LogP contribution in [0.15, 0.2) is 27.1 Å². The number of halogens is 2. The van der Waals surface area contributed by atoms with Crippen LogP contribution < -0.4 is 10.1 Å². The van der Waals surface area contributed by atoms with Crippen molar-refractivity contribution in [2.75, 3.05) is 26.8 Å². The van der Waals surface area contributed by atoms with Crippen LogP contribution in [0.2, 0.25) is 0 Å². The van der Waals surface area contributed by atoms with Crippen molar-refractivity contribution in [1.29, 1.82) is 0 Å². The molecule has 0 aliphatic carbocycles. The van der Waals surface area contributed by atoms with Gasteiger partial charge in [0.05, 0.1) is 4.47 Å². The summed E-state index contributed by atoms with van der Waals surface area (Å²) in [5.74, 6) is 0.865. The fourth-order valence-electron chi connectivity index (χ4n) is 1.48. The molecule has 1 N–H and O–H groups in total. The lowest BCUT2D eigenvalue weighted by Crippen LogP contribution is -2.30. The molecule has 1 aromatic rings. The molecule has 0 aliphatic heterocycles. The summed E-state index contributed by atoms with van der Waals surface area (Å²) in [5, 5.41) is 3.34. The van der Waals surface area contributed by atoms with Crippen LogP contribution in [0.3, 0.4) is 0 Å². The third-order valence-corrected chi connectivity index (χ3v) is 3.47. The molecule has 102 valence electrons. The second-order valence-corrected chi connectivity index (χ2v) is 5.82. The van der Waals surface area contributed by atoms with E-state index in [0.29, 0.717) is 0 Å². The van der Waals surface area contributed by atoms with Crippen molar-refractivity contribution in [3.63, 3.8) is 0 Å². The van der Waals surface area contributed by atoms with Gasteiger partial charge in [-0.25, -0.2) is 0 Å². The quantitative estimate of drug-likeness (QED) is 0.699. The van der Waals surface area contributed by atoms with Crippen LogP contribution >= 0.6 is 31.9 Å². The largest absolute Gasteiger partial charge is 0.488 e. The van der Waals surface area contributed by atoms with Gasteiger partial charge in [-0.05, 0) is 54.0 Å². The Morgan fingerprint density at radius 1 is 1.33 bits per heavy atom. The second kappa shape index (κ2) is 8.91. The Morgan fingerprint density at radius 3 is 2.78 bits per heavy atom. The van der Waals surface area contributed by atoms with E-state index in [-0.39, 0.29) is 6.10 Å². The molecule has 1 unspecified atom stereocenters. The SMILES string of the molecule is COCCCNCC(C)Oc1ccc(Br)cc1Br. The Hall–Kier alpha value is -0.100. The summed E-state index contributed by atoms with van der Waals surface area (Å²) >= 11 is 6.90. The molecular formula is C13H19Br2NO2. The standard InChI is InChI=1S/C13H19Br2NO2/c1-10(9-16-6-3-7-17-2)18-13-5-4-11(14)8-12(13)15/h4-5,8,10,16H,3,6-7,9H2,1-2H3. The lowest BCUT2D eigenvalue weighted by molar-refractivity contribution is 0.188. The molecule has 18 heavy (non-hydrogen) atoms. The molecule has 0 spiro atoms. The topological polar surface area (TPSA) is 30.5 Å².